The maximum Gasteiger partial charge on any atom is 0.00415 e. The molecule has 2 aliphatic rings. The number of hydrogen-bond donors (Lipinski definition) is 1. The fourth-order valence-electron chi connectivity index (χ4n) is 3.83. The van der Waals surface area contributed by atoms with Crippen LogP contribution in [-0.4, -0.2) is 6.04 Å². The van der Waals surface area contributed by atoms with E-state index in [-0.39, 0.29) is 0 Å². The molecule has 0 radical (unpaired) electrons. The molecule has 15 heavy (non-hydrogen) atoms. The van der Waals surface area contributed by atoms with Crippen molar-refractivity contribution in [3.8, 4) is 0 Å². The van der Waals surface area contributed by atoms with Gasteiger partial charge in [0.2, 0.25) is 0 Å². The van der Waals surface area contributed by atoms with Crippen LogP contribution in [0.4, 0.5) is 0 Å². The van der Waals surface area contributed by atoms with Crippen LogP contribution in [0.5, 0.6) is 0 Å². The summed E-state index contributed by atoms with van der Waals surface area (Å²) in [5.41, 5.74) is 6.10. The van der Waals surface area contributed by atoms with Crippen LogP contribution >= 0.6 is 0 Å². The van der Waals surface area contributed by atoms with Gasteiger partial charge < -0.3 is 5.73 Å². The van der Waals surface area contributed by atoms with Crippen LogP contribution < -0.4 is 5.73 Å². The molecule has 4 atom stereocenters. The number of hydrogen-bond acceptors (Lipinski definition) is 1. The molecule has 88 valence electrons. The maximum atomic E-state index is 6.10. The smallest absolute Gasteiger partial charge is 0.00415 e. The molecule has 0 saturated heterocycles. The third-order valence-electron chi connectivity index (χ3n) is 4.82. The van der Waals surface area contributed by atoms with Gasteiger partial charge in [-0.05, 0) is 37.0 Å². The summed E-state index contributed by atoms with van der Waals surface area (Å²) >= 11 is 0. The van der Waals surface area contributed by atoms with E-state index in [1.807, 2.05) is 0 Å². The molecule has 0 aliphatic heterocycles. The van der Waals surface area contributed by atoms with Gasteiger partial charge in [0, 0.05) is 6.04 Å². The minimum absolute atomic E-state index is 0.519. The van der Waals surface area contributed by atoms with Crippen molar-refractivity contribution in [3.05, 3.63) is 0 Å². The Kier molecular flexibility index (Phi) is 4.07. The Labute approximate surface area is 94.8 Å². The Morgan fingerprint density at radius 3 is 2.27 bits per heavy atom. The molecule has 2 saturated carbocycles. The normalized spacial score (nSPS) is 42.8. The third kappa shape index (κ3) is 2.96. The van der Waals surface area contributed by atoms with Crippen LogP contribution in [0, 0.1) is 17.8 Å². The Morgan fingerprint density at radius 1 is 0.933 bits per heavy atom. The summed E-state index contributed by atoms with van der Waals surface area (Å²) in [6.45, 7) is 2.36. The lowest BCUT2D eigenvalue weighted by Crippen LogP contribution is -2.33. The molecule has 0 heterocycles. The quantitative estimate of drug-likeness (QED) is 0.737. The summed E-state index contributed by atoms with van der Waals surface area (Å²) in [6.07, 6.45) is 12.8. The maximum absolute atomic E-state index is 6.10. The molecule has 0 amide bonds. The fourth-order valence-corrected chi connectivity index (χ4v) is 3.83. The van der Waals surface area contributed by atoms with Gasteiger partial charge in [-0.2, -0.15) is 0 Å². The first-order valence-electron chi connectivity index (χ1n) is 7.05. The summed E-state index contributed by atoms with van der Waals surface area (Å²) < 4.78 is 0. The average molecular weight is 209 g/mol. The average Bonchev–Trinajstić information content (AvgIpc) is 2.29. The zero-order chi connectivity index (χ0) is 10.7. The number of nitrogens with two attached hydrogens (primary N) is 1. The van der Waals surface area contributed by atoms with Gasteiger partial charge in [0.05, 0.1) is 0 Å². The van der Waals surface area contributed by atoms with Gasteiger partial charge in [0.1, 0.15) is 0 Å². The van der Waals surface area contributed by atoms with Crippen molar-refractivity contribution in [1.29, 1.82) is 0 Å². The SMILES string of the molecule is CCC1CCCC(C2CCCC(N)C2)C1. The minimum atomic E-state index is 0.519. The molecule has 2 aliphatic carbocycles. The highest BCUT2D eigenvalue weighted by molar-refractivity contribution is 4.83. The van der Waals surface area contributed by atoms with E-state index in [9.17, 15) is 0 Å². The van der Waals surface area contributed by atoms with Crippen LogP contribution in [0.25, 0.3) is 0 Å². The van der Waals surface area contributed by atoms with Crippen LogP contribution in [0.3, 0.4) is 0 Å². The van der Waals surface area contributed by atoms with Crippen molar-refractivity contribution in [3.63, 3.8) is 0 Å². The van der Waals surface area contributed by atoms with Crippen LogP contribution in [0.15, 0.2) is 0 Å². The summed E-state index contributed by atoms with van der Waals surface area (Å²) in [6, 6.07) is 0.519. The highest BCUT2D eigenvalue weighted by Gasteiger charge is 2.30. The van der Waals surface area contributed by atoms with E-state index in [1.165, 1.54) is 57.8 Å². The van der Waals surface area contributed by atoms with Crippen LogP contribution in [0.2, 0.25) is 0 Å². The molecule has 0 aromatic rings. The van der Waals surface area contributed by atoms with Crippen molar-refractivity contribution in [1.82, 2.24) is 0 Å². The topological polar surface area (TPSA) is 26.0 Å². The van der Waals surface area contributed by atoms with E-state index >= 15 is 0 Å². The Bertz CT molecular complexity index is 190. The van der Waals surface area contributed by atoms with Crippen molar-refractivity contribution >= 4 is 0 Å². The minimum Gasteiger partial charge on any atom is -0.328 e. The van der Waals surface area contributed by atoms with Gasteiger partial charge in [-0.3, -0.25) is 0 Å². The van der Waals surface area contributed by atoms with Crippen LogP contribution in [-0.2, 0) is 0 Å². The molecule has 0 spiro atoms. The van der Waals surface area contributed by atoms with Gasteiger partial charge >= 0.3 is 0 Å². The lowest BCUT2D eigenvalue weighted by molar-refractivity contribution is 0.149. The first-order valence-corrected chi connectivity index (χ1v) is 7.05. The molecular formula is C14H27N. The molecule has 2 N–H and O–H groups in total. The van der Waals surface area contributed by atoms with E-state index in [4.69, 9.17) is 5.73 Å². The lowest BCUT2D eigenvalue weighted by atomic mass is 9.69. The van der Waals surface area contributed by atoms with E-state index in [0.717, 1.165) is 17.8 Å². The van der Waals surface area contributed by atoms with Gasteiger partial charge in [-0.15, -0.1) is 0 Å². The van der Waals surface area contributed by atoms with Crippen molar-refractivity contribution in [2.24, 2.45) is 23.5 Å². The summed E-state index contributed by atoms with van der Waals surface area (Å²) in [5.74, 6) is 3.03. The molecule has 1 heteroatoms. The van der Waals surface area contributed by atoms with Gasteiger partial charge in [-0.25, -0.2) is 0 Å². The van der Waals surface area contributed by atoms with E-state index in [1.54, 1.807) is 0 Å². The predicted molar refractivity (Wildman–Crippen MR) is 65.7 cm³/mol. The van der Waals surface area contributed by atoms with E-state index < -0.39 is 0 Å². The van der Waals surface area contributed by atoms with Gasteiger partial charge in [0.25, 0.3) is 0 Å². The zero-order valence-corrected chi connectivity index (χ0v) is 10.3. The Hall–Kier alpha value is -0.0400. The van der Waals surface area contributed by atoms with Gasteiger partial charge in [-0.1, -0.05) is 45.4 Å². The summed E-state index contributed by atoms with van der Waals surface area (Å²) in [5, 5.41) is 0. The largest absolute Gasteiger partial charge is 0.328 e. The van der Waals surface area contributed by atoms with Crippen molar-refractivity contribution in [2.75, 3.05) is 0 Å². The fraction of sp³-hybridized carbons (Fsp3) is 1.00. The lowest BCUT2D eigenvalue weighted by Gasteiger charge is -2.38. The molecule has 4 unspecified atom stereocenters. The highest BCUT2D eigenvalue weighted by atomic mass is 14.6. The second kappa shape index (κ2) is 5.34. The van der Waals surface area contributed by atoms with Crippen molar-refractivity contribution in [2.45, 2.75) is 70.8 Å². The van der Waals surface area contributed by atoms with Crippen LogP contribution in [0.1, 0.15) is 64.7 Å². The molecular weight excluding hydrogens is 182 g/mol. The molecule has 0 aromatic carbocycles. The zero-order valence-electron chi connectivity index (χ0n) is 10.3. The van der Waals surface area contributed by atoms with Crippen molar-refractivity contribution < 1.29 is 0 Å². The van der Waals surface area contributed by atoms with Gasteiger partial charge in [0.15, 0.2) is 0 Å². The van der Waals surface area contributed by atoms with E-state index in [2.05, 4.69) is 6.92 Å². The monoisotopic (exact) mass is 209 g/mol. The third-order valence-corrected chi connectivity index (χ3v) is 4.82. The standard InChI is InChI=1S/C14H27N/c1-2-11-5-3-6-12(9-11)13-7-4-8-14(15)10-13/h11-14H,2-10,15H2,1H3. The number of rotatable bonds is 2. The van der Waals surface area contributed by atoms with E-state index in [0.29, 0.717) is 6.04 Å². The highest BCUT2D eigenvalue weighted by Crippen LogP contribution is 2.40. The summed E-state index contributed by atoms with van der Waals surface area (Å²) in [7, 11) is 0. The Morgan fingerprint density at radius 2 is 1.60 bits per heavy atom. The molecule has 1 nitrogen and oxygen atoms in total. The first kappa shape index (κ1) is 11.4. The molecule has 0 aromatic heterocycles. The second-order valence-electron chi connectivity index (χ2n) is 5.89. The Balaban J connectivity index is 1.86. The molecule has 2 fully saturated rings. The second-order valence-corrected chi connectivity index (χ2v) is 5.89. The molecule has 2 rings (SSSR count). The molecule has 0 bridgehead atoms. The predicted octanol–water partition coefficient (Wildman–Crippen LogP) is 3.72. The first-order chi connectivity index (χ1) is 7.29. The summed E-state index contributed by atoms with van der Waals surface area (Å²) in [4.78, 5) is 0.